The van der Waals surface area contributed by atoms with Gasteiger partial charge >= 0.3 is 0 Å². The maximum absolute atomic E-state index is 6.21. The Labute approximate surface area is 191 Å². The fraction of sp³-hybridized carbons (Fsp3) is 0.296. The van der Waals surface area contributed by atoms with E-state index in [0.29, 0.717) is 10.8 Å². The van der Waals surface area contributed by atoms with Gasteiger partial charge < -0.3 is 4.74 Å². The highest BCUT2D eigenvalue weighted by Crippen LogP contribution is 2.28. The second kappa shape index (κ2) is 12.3. The van der Waals surface area contributed by atoms with Crippen LogP contribution in [0.3, 0.4) is 0 Å². The standard InChI is InChI=1S/C27H31ClN2O/c1-22(29-25-16-17-27(31-2)26(28)19-25)11-9-10-18-30(20-23-12-5-3-6-13-23)21-24-14-7-4-8-15-24/h3-8,12-17,19H,9-11,18,20-21H2,1-2H3. The molecule has 0 amide bonds. The van der Waals surface area contributed by atoms with Gasteiger partial charge in [-0.05, 0) is 62.1 Å². The Morgan fingerprint density at radius 2 is 1.48 bits per heavy atom. The maximum Gasteiger partial charge on any atom is 0.137 e. The molecule has 0 bridgehead atoms. The molecule has 0 aliphatic heterocycles. The summed E-state index contributed by atoms with van der Waals surface area (Å²) in [5.74, 6) is 0.676. The number of ether oxygens (including phenoxy) is 1. The lowest BCUT2D eigenvalue weighted by atomic mass is 10.1. The molecule has 162 valence electrons. The van der Waals surface area contributed by atoms with Gasteiger partial charge in [0.25, 0.3) is 0 Å². The molecule has 31 heavy (non-hydrogen) atoms. The highest BCUT2D eigenvalue weighted by atomic mass is 35.5. The van der Waals surface area contributed by atoms with Crippen molar-refractivity contribution >= 4 is 23.0 Å². The number of hydrogen-bond donors (Lipinski definition) is 0. The van der Waals surface area contributed by atoms with E-state index in [4.69, 9.17) is 21.3 Å². The Kier molecular flexibility index (Phi) is 9.14. The van der Waals surface area contributed by atoms with Crippen LogP contribution in [-0.2, 0) is 13.1 Å². The van der Waals surface area contributed by atoms with Crippen molar-refractivity contribution in [3.63, 3.8) is 0 Å². The highest BCUT2D eigenvalue weighted by molar-refractivity contribution is 6.32. The first kappa shape index (κ1) is 23.1. The van der Waals surface area contributed by atoms with Crippen LogP contribution < -0.4 is 4.74 Å². The van der Waals surface area contributed by atoms with E-state index in [2.05, 4.69) is 72.5 Å². The number of unbranched alkanes of at least 4 members (excludes halogenated alkanes) is 1. The predicted octanol–water partition coefficient (Wildman–Crippen LogP) is 7.31. The zero-order valence-electron chi connectivity index (χ0n) is 18.4. The topological polar surface area (TPSA) is 24.8 Å². The van der Waals surface area contributed by atoms with Gasteiger partial charge in [0.1, 0.15) is 5.75 Å². The summed E-state index contributed by atoms with van der Waals surface area (Å²) in [5, 5.41) is 0.592. The molecule has 0 spiro atoms. The van der Waals surface area contributed by atoms with Crippen LogP contribution in [0.25, 0.3) is 0 Å². The zero-order valence-corrected chi connectivity index (χ0v) is 19.2. The van der Waals surface area contributed by atoms with Crippen molar-refractivity contribution in [2.24, 2.45) is 4.99 Å². The molecule has 3 rings (SSSR count). The van der Waals surface area contributed by atoms with Crippen LogP contribution in [0, 0.1) is 0 Å². The second-order valence-corrected chi connectivity index (χ2v) is 8.21. The smallest absolute Gasteiger partial charge is 0.137 e. The van der Waals surface area contributed by atoms with Crippen molar-refractivity contribution in [1.29, 1.82) is 0 Å². The molecular weight excluding hydrogens is 404 g/mol. The van der Waals surface area contributed by atoms with E-state index in [1.807, 2.05) is 18.2 Å². The molecule has 0 radical (unpaired) electrons. The molecule has 0 aromatic heterocycles. The molecular formula is C27H31ClN2O. The summed E-state index contributed by atoms with van der Waals surface area (Å²) < 4.78 is 5.21. The molecule has 0 saturated carbocycles. The lowest BCUT2D eigenvalue weighted by Crippen LogP contribution is -2.24. The van der Waals surface area contributed by atoms with Gasteiger partial charge in [-0.3, -0.25) is 9.89 Å². The minimum absolute atomic E-state index is 0.592. The van der Waals surface area contributed by atoms with E-state index in [1.165, 1.54) is 11.1 Å². The van der Waals surface area contributed by atoms with E-state index in [1.54, 1.807) is 7.11 Å². The third-order valence-electron chi connectivity index (χ3n) is 5.22. The highest BCUT2D eigenvalue weighted by Gasteiger charge is 2.08. The molecule has 3 aromatic rings. The lowest BCUT2D eigenvalue weighted by molar-refractivity contribution is 0.252. The number of nitrogens with zero attached hydrogens (tertiary/aromatic N) is 2. The van der Waals surface area contributed by atoms with E-state index in [0.717, 1.165) is 50.3 Å². The largest absolute Gasteiger partial charge is 0.495 e. The molecule has 0 unspecified atom stereocenters. The molecule has 4 heteroatoms. The van der Waals surface area contributed by atoms with E-state index in [-0.39, 0.29) is 0 Å². The Bertz CT molecular complexity index is 916. The summed E-state index contributed by atoms with van der Waals surface area (Å²) in [5.41, 5.74) is 4.71. The summed E-state index contributed by atoms with van der Waals surface area (Å²) >= 11 is 6.21. The summed E-state index contributed by atoms with van der Waals surface area (Å²) in [7, 11) is 1.62. The van der Waals surface area contributed by atoms with Crippen molar-refractivity contribution in [2.45, 2.75) is 39.3 Å². The zero-order chi connectivity index (χ0) is 21.9. The van der Waals surface area contributed by atoms with Gasteiger partial charge in [-0.15, -0.1) is 0 Å². The van der Waals surface area contributed by atoms with Gasteiger partial charge in [0, 0.05) is 18.8 Å². The number of methoxy groups -OCH3 is 1. The van der Waals surface area contributed by atoms with Crippen LogP contribution in [0.4, 0.5) is 5.69 Å². The predicted molar refractivity (Wildman–Crippen MR) is 132 cm³/mol. The first-order valence-electron chi connectivity index (χ1n) is 10.8. The molecule has 0 aliphatic carbocycles. The van der Waals surface area contributed by atoms with Crippen LogP contribution in [-0.4, -0.2) is 24.3 Å². The van der Waals surface area contributed by atoms with Crippen LogP contribution in [0.15, 0.2) is 83.9 Å². The first-order chi connectivity index (χ1) is 15.1. The molecule has 3 nitrogen and oxygen atoms in total. The molecule has 0 heterocycles. The van der Waals surface area contributed by atoms with E-state index >= 15 is 0 Å². The molecule has 0 saturated heterocycles. The van der Waals surface area contributed by atoms with Crippen molar-refractivity contribution in [3.8, 4) is 5.75 Å². The van der Waals surface area contributed by atoms with Crippen LogP contribution in [0.2, 0.25) is 5.02 Å². The van der Waals surface area contributed by atoms with Crippen molar-refractivity contribution < 1.29 is 4.74 Å². The minimum Gasteiger partial charge on any atom is -0.495 e. The number of benzene rings is 3. The molecule has 3 aromatic carbocycles. The quantitative estimate of drug-likeness (QED) is 0.233. The van der Waals surface area contributed by atoms with Gasteiger partial charge in [-0.2, -0.15) is 0 Å². The van der Waals surface area contributed by atoms with Gasteiger partial charge in [0.05, 0.1) is 17.8 Å². The number of hydrogen-bond acceptors (Lipinski definition) is 3. The molecule has 0 aliphatic rings. The van der Waals surface area contributed by atoms with Crippen LogP contribution >= 0.6 is 11.6 Å². The Balaban J connectivity index is 1.52. The number of halogens is 1. The van der Waals surface area contributed by atoms with Gasteiger partial charge in [-0.25, -0.2) is 0 Å². The fourth-order valence-corrected chi connectivity index (χ4v) is 3.87. The Hall–Kier alpha value is -2.62. The fourth-order valence-electron chi connectivity index (χ4n) is 3.61. The average Bonchev–Trinajstić information content (AvgIpc) is 2.78. The van der Waals surface area contributed by atoms with Gasteiger partial charge in [0.2, 0.25) is 0 Å². The molecule has 0 atom stereocenters. The van der Waals surface area contributed by atoms with Crippen molar-refractivity contribution in [2.75, 3.05) is 13.7 Å². The Morgan fingerprint density at radius 1 is 0.871 bits per heavy atom. The summed E-state index contributed by atoms with van der Waals surface area (Å²) in [4.78, 5) is 7.24. The van der Waals surface area contributed by atoms with Gasteiger partial charge in [-0.1, -0.05) is 72.3 Å². The van der Waals surface area contributed by atoms with E-state index in [9.17, 15) is 0 Å². The van der Waals surface area contributed by atoms with Crippen LogP contribution in [0.1, 0.15) is 37.3 Å². The maximum atomic E-state index is 6.21. The SMILES string of the molecule is COc1ccc(N=C(C)CCCCN(Cc2ccccc2)Cc2ccccc2)cc1Cl. The molecule has 0 fully saturated rings. The van der Waals surface area contributed by atoms with Crippen molar-refractivity contribution in [1.82, 2.24) is 4.90 Å². The molecule has 0 N–H and O–H groups in total. The lowest BCUT2D eigenvalue weighted by Gasteiger charge is -2.22. The Morgan fingerprint density at radius 3 is 2.03 bits per heavy atom. The summed E-state index contributed by atoms with van der Waals surface area (Å²) in [6.45, 7) is 5.08. The number of aliphatic imine (C=N–C) groups is 1. The first-order valence-corrected chi connectivity index (χ1v) is 11.2. The third-order valence-corrected chi connectivity index (χ3v) is 5.51. The third kappa shape index (κ3) is 7.86. The minimum atomic E-state index is 0.592. The van der Waals surface area contributed by atoms with Gasteiger partial charge in [0.15, 0.2) is 0 Å². The number of rotatable bonds is 11. The summed E-state index contributed by atoms with van der Waals surface area (Å²) in [6, 6.07) is 27.1. The summed E-state index contributed by atoms with van der Waals surface area (Å²) in [6.07, 6.45) is 3.23. The monoisotopic (exact) mass is 434 g/mol. The average molecular weight is 435 g/mol. The second-order valence-electron chi connectivity index (χ2n) is 7.80. The van der Waals surface area contributed by atoms with Crippen molar-refractivity contribution in [3.05, 3.63) is 95.0 Å². The normalized spacial score (nSPS) is 11.7. The van der Waals surface area contributed by atoms with E-state index < -0.39 is 0 Å². The van der Waals surface area contributed by atoms with Crippen LogP contribution in [0.5, 0.6) is 5.75 Å².